The summed E-state index contributed by atoms with van der Waals surface area (Å²) in [6.45, 7) is 12.4. The van der Waals surface area contributed by atoms with E-state index < -0.39 is 5.60 Å². The highest BCUT2D eigenvalue weighted by atomic mass is 16.3. The molecule has 0 aromatic heterocycles. The Morgan fingerprint density at radius 1 is 1.57 bits per heavy atom. The molecule has 0 aromatic carbocycles. The van der Waals surface area contributed by atoms with E-state index in [0.717, 1.165) is 19.3 Å². The molecule has 0 aliphatic heterocycles. The van der Waals surface area contributed by atoms with E-state index in [2.05, 4.69) is 27.0 Å². The lowest BCUT2D eigenvalue weighted by molar-refractivity contribution is -0.0404. The van der Waals surface area contributed by atoms with Gasteiger partial charge in [0.2, 0.25) is 0 Å². The standard InChI is InChI=1S/C13H20O/c1-8(2)11-5-12-9(3)6-13(14,7-11)10(12)4/h10-12,14H,1,3,5-7H2,2,4H3/t10-,11-,12+,13-/m1/s1. The molecule has 2 saturated carbocycles. The van der Waals surface area contributed by atoms with Gasteiger partial charge in [-0.05, 0) is 43.9 Å². The molecule has 2 bridgehead atoms. The minimum atomic E-state index is -0.483. The normalized spacial score (nSPS) is 46.8. The molecule has 2 aliphatic rings. The lowest BCUT2D eigenvalue weighted by Crippen LogP contribution is -2.40. The molecular weight excluding hydrogens is 172 g/mol. The molecule has 0 aromatic rings. The maximum Gasteiger partial charge on any atom is 0.0721 e. The Bertz CT molecular complexity index is 292. The summed E-state index contributed by atoms with van der Waals surface area (Å²) in [4.78, 5) is 0. The van der Waals surface area contributed by atoms with Crippen molar-refractivity contribution in [3.8, 4) is 0 Å². The van der Waals surface area contributed by atoms with Crippen molar-refractivity contribution in [2.45, 2.75) is 38.7 Å². The number of hydrogen-bond acceptors (Lipinski definition) is 1. The third-order valence-corrected chi connectivity index (χ3v) is 4.34. The van der Waals surface area contributed by atoms with Gasteiger partial charge in [0.15, 0.2) is 0 Å². The summed E-state index contributed by atoms with van der Waals surface area (Å²) in [6, 6.07) is 0. The van der Waals surface area contributed by atoms with Crippen molar-refractivity contribution >= 4 is 0 Å². The lowest BCUT2D eigenvalue weighted by atomic mass is 9.69. The first kappa shape index (κ1) is 9.97. The van der Waals surface area contributed by atoms with E-state index >= 15 is 0 Å². The fourth-order valence-electron chi connectivity index (χ4n) is 3.23. The van der Waals surface area contributed by atoms with E-state index in [4.69, 9.17) is 0 Å². The van der Waals surface area contributed by atoms with Crippen molar-refractivity contribution in [3.63, 3.8) is 0 Å². The third-order valence-electron chi connectivity index (χ3n) is 4.34. The van der Waals surface area contributed by atoms with Crippen LogP contribution in [0.3, 0.4) is 0 Å². The van der Waals surface area contributed by atoms with Gasteiger partial charge in [-0.25, -0.2) is 0 Å². The molecule has 0 spiro atoms. The van der Waals surface area contributed by atoms with E-state index in [0.29, 0.717) is 17.8 Å². The van der Waals surface area contributed by atoms with E-state index in [1.54, 1.807) is 0 Å². The average Bonchev–Trinajstić information content (AvgIpc) is 2.24. The molecule has 1 N–H and O–H groups in total. The minimum Gasteiger partial charge on any atom is -0.389 e. The molecule has 1 heteroatoms. The highest BCUT2D eigenvalue weighted by Crippen LogP contribution is 2.54. The van der Waals surface area contributed by atoms with Crippen LogP contribution in [-0.4, -0.2) is 10.7 Å². The molecule has 0 heterocycles. The van der Waals surface area contributed by atoms with Gasteiger partial charge in [0.1, 0.15) is 0 Å². The van der Waals surface area contributed by atoms with Gasteiger partial charge in [-0.2, -0.15) is 0 Å². The van der Waals surface area contributed by atoms with Crippen LogP contribution in [0.15, 0.2) is 24.3 Å². The minimum absolute atomic E-state index is 0.394. The van der Waals surface area contributed by atoms with Crippen molar-refractivity contribution in [1.82, 2.24) is 0 Å². The Morgan fingerprint density at radius 2 is 2.21 bits per heavy atom. The van der Waals surface area contributed by atoms with Crippen molar-refractivity contribution in [1.29, 1.82) is 0 Å². The summed E-state index contributed by atoms with van der Waals surface area (Å²) in [7, 11) is 0. The Labute approximate surface area is 86.5 Å². The predicted molar refractivity (Wildman–Crippen MR) is 58.9 cm³/mol. The SMILES string of the molecule is C=C(C)[C@@H]1C[C@H]2C(=C)C[C@@](O)(C1)[C@@H]2C. The molecule has 78 valence electrons. The van der Waals surface area contributed by atoms with Gasteiger partial charge < -0.3 is 5.11 Å². The first-order valence-electron chi connectivity index (χ1n) is 5.49. The summed E-state index contributed by atoms with van der Waals surface area (Å²) < 4.78 is 0. The zero-order chi connectivity index (χ0) is 10.5. The topological polar surface area (TPSA) is 20.2 Å². The van der Waals surface area contributed by atoms with Gasteiger partial charge in [0.05, 0.1) is 5.60 Å². The number of aliphatic hydroxyl groups is 1. The number of fused-ring (bicyclic) bond motifs is 2. The second-order valence-corrected chi connectivity index (χ2v) is 5.32. The summed E-state index contributed by atoms with van der Waals surface area (Å²) >= 11 is 0. The summed E-state index contributed by atoms with van der Waals surface area (Å²) in [5, 5.41) is 10.5. The Kier molecular flexibility index (Phi) is 2.11. The summed E-state index contributed by atoms with van der Waals surface area (Å²) in [5.74, 6) is 1.42. The second-order valence-electron chi connectivity index (χ2n) is 5.32. The largest absolute Gasteiger partial charge is 0.389 e. The molecule has 2 rings (SSSR count). The molecule has 4 atom stereocenters. The van der Waals surface area contributed by atoms with Crippen LogP contribution in [0.2, 0.25) is 0 Å². The maximum atomic E-state index is 10.5. The Morgan fingerprint density at radius 3 is 2.71 bits per heavy atom. The van der Waals surface area contributed by atoms with Crippen LogP contribution < -0.4 is 0 Å². The zero-order valence-corrected chi connectivity index (χ0v) is 9.21. The average molecular weight is 192 g/mol. The molecular formula is C13H20O. The molecule has 14 heavy (non-hydrogen) atoms. The Balaban J connectivity index is 2.27. The van der Waals surface area contributed by atoms with Gasteiger partial charge in [0, 0.05) is 0 Å². The first-order valence-corrected chi connectivity index (χ1v) is 5.49. The van der Waals surface area contributed by atoms with Crippen LogP contribution in [0.5, 0.6) is 0 Å². The highest BCUT2D eigenvalue weighted by Gasteiger charge is 2.51. The summed E-state index contributed by atoms with van der Waals surface area (Å²) in [6.07, 6.45) is 2.85. The second kappa shape index (κ2) is 2.96. The van der Waals surface area contributed by atoms with Gasteiger partial charge in [-0.3, -0.25) is 0 Å². The van der Waals surface area contributed by atoms with E-state index in [1.807, 2.05) is 0 Å². The molecule has 1 nitrogen and oxygen atoms in total. The molecule has 0 radical (unpaired) electrons. The highest BCUT2D eigenvalue weighted by molar-refractivity contribution is 5.23. The van der Waals surface area contributed by atoms with Gasteiger partial charge in [-0.15, -0.1) is 0 Å². The maximum absolute atomic E-state index is 10.5. The van der Waals surface area contributed by atoms with Gasteiger partial charge in [0.25, 0.3) is 0 Å². The molecule has 0 amide bonds. The van der Waals surface area contributed by atoms with Crippen LogP contribution >= 0.6 is 0 Å². The quantitative estimate of drug-likeness (QED) is 0.633. The third kappa shape index (κ3) is 1.26. The van der Waals surface area contributed by atoms with E-state index in [-0.39, 0.29) is 0 Å². The van der Waals surface area contributed by atoms with Crippen molar-refractivity contribution < 1.29 is 5.11 Å². The fraction of sp³-hybridized carbons (Fsp3) is 0.692. The Hall–Kier alpha value is -0.560. The van der Waals surface area contributed by atoms with Crippen molar-refractivity contribution in [2.24, 2.45) is 17.8 Å². The number of rotatable bonds is 1. The smallest absolute Gasteiger partial charge is 0.0721 e. The van der Waals surface area contributed by atoms with Crippen LogP contribution in [0, 0.1) is 17.8 Å². The van der Waals surface area contributed by atoms with Crippen LogP contribution in [-0.2, 0) is 0 Å². The fourth-order valence-corrected chi connectivity index (χ4v) is 3.23. The molecule has 2 fully saturated rings. The van der Waals surface area contributed by atoms with Crippen LogP contribution in [0.25, 0.3) is 0 Å². The lowest BCUT2D eigenvalue weighted by Gasteiger charge is -2.39. The monoisotopic (exact) mass is 192 g/mol. The van der Waals surface area contributed by atoms with Gasteiger partial charge in [-0.1, -0.05) is 31.2 Å². The zero-order valence-electron chi connectivity index (χ0n) is 9.21. The number of hydrogen-bond donors (Lipinski definition) is 1. The molecule has 0 unspecified atom stereocenters. The predicted octanol–water partition coefficient (Wildman–Crippen LogP) is 2.92. The van der Waals surface area contributed by atoms with Crippen molar-refractivity contribution in [3.05, 3.63) is 24.3 Å². The molecule has 0 saturated heterocycles. The van der Waals surface area contributed by atoms with Gasteiger partial charge >= 0.3 is 0 Å². The van der Waals surface area contributed by atoms with Crippen LogP contribution in [0.4, 0.5) is 0 Å². The molecule has 2 aliphatic carbocycles. The van der Waals surface area contributed by atoms with Crippen LogP contribution in [0.1, 0.15) is 33.1 Å². The summed E-state index contributed by atoms with van der Waals surface area (Å²) in [5.41, 5.74) is 1.99. The first-order chi connectivity index (χ1) is 6.44. The van der Waals surface area contributed by atoms with E-state index in [9.17, 15) is 5.11 Å². The number of allylic oxidation sites excluding steroid dienone is 1. The van der Waals surface area contributed by atoms with E-state index in [1.165, 1.54) is 11.1 Å². The van der Waals surface area contributed by atoms with Crippen molar-refractivity contribution in [2.75, 3.05) is 0 Å².